The van der Waals surface area contributed by atoms with Crippen LogP contribution >= 0.6 is 0 Å². The smallest absolute Gasteiger partial charge is 0.331 e. The fraction of sp³-hybridized carbons (Fsp3) is 0.818. The maximum atomic E-state index is 11.6. The van der Waals surface area contributed by atoms with Gasteiger partial charge in [-0.25, -0.2) is 4.79 Å². The standard InChI is InChI=1S/C11H18N2O3/c1-8(14)12(2)11(10(15)16)5-7-13-6-3-4-9(11)13/h9H,3-7H2,1-2H3,(H,15,16). The van der Waals surface area contributed by atoms with E-state index in [1.807, 2.05) is 0 Å². The number of carbonyl (C=O) groups is 2. The molecule has 2 aliphatic rings. The van der Waals surface area contributed by atoms with Gasteiger partial charge in [-0.05, 0) is 25.8 Å². The molecule has 2 unspecified atom stereocenters. The molecule has 0 saturated carbocycles. The summed E-state index contributed by atoms with van der Waals surface area (Å²) in [4.78, 5) is 26.7. The number of carbonyl (C=O) groups excluding carboxylic acids is 1. The summed E-state index contributed by atoms with van der Waals surface area (Å²) in [6.07, 6.45) is 2.46. The Bertz CT molecular complexity index is 331. The molecule has 1 amide bonds. The second-order valence-corrected chi connectivity index (χ2v) is 4.75. The molecule has 90 valence electrons. The van der Waals surface area contributed by atoms with E-state index in [1.54, 1.807) is 7.05 Å². The summed E-state index contributed by atoms with van der Waals surface area (Å²) < 4.78 is 0. The fourth-order valence-corrected chi connectivity index (χ4v) is 3.18. The van der Waals surface area contributed by atoms with Crippen molar-refractivity contribution in [2.75, 3.05) is 20.1 Å². The Morgan fingerprint density at radius 3 is 2.69 bits per heavy atom. The number of likely N-dealkylation sites (N-methyl/N-ethyl adjacent to an activating group) is 1. The number of carboxylic acids is 1. The van der Waals surface area contributed by atoms with Gasteiger partial charge in [-0.15, -0.1) is 0 Å². The molecular formula is C11H18N2O3. The van der Waals surface area contributed by atoms with Gasteiger partial charge in [-0.3, -0.25) is 9.69 Å². The summed E-state index contributed by atoms with van der Waals surface area (Å²) >= 11 is 0. The lowest BCUT2D eigenvalue weighted by atomic mass is 9.87. The molecule has 2 saturated heterocycles. The van der Waals surface area contributed by atoms with Crippen LogP contribution in [0.25, 0.3) is 0 Å². The summed E-state index contributed by atoms with van der Waals surface area (Å²) in [6, 6.07) is -0.00102. The van der Waals surface area contributed by atoms with Crippen LogP contribution in [0.2, 0.25) is 0 Å². The highest BCUT2D eigenvalue weighted by molar-refractivity contribution is 5.87. The molecule has 2 fully saturated rings. The molecule has 0 bridgehead atoms. The van der Waals surface area contributed by atoms with Crippen molar-refractivity contribution in [3.8, 4) is 0 Å². The van der Waals surface area contributed by atoms with Gasteiger partial charge in [0.2, 0.25) is 5.91 Å². The summed E-state index contributed by atoms with van der Waals surface area (Å²) in [5.41, 5.74) is -0.998. The van der Waals surface area contributed by atoms with Crippen molar-refractivity contribution >= 4 is 11.9 Å². The largest absolute Gasteiger partial charge is 0.479 e. The minimum Gasteiger partial charge on any atom is -0.479 e. The number of fused-ring (bicyclic) bond motifs is 1. The van der Waals surface area contributed by atoms with E-state index in [1.165, 1.54) is 11.8 Å². The fourth-order valence-electron chi connectivity index (χ4n) is 3.18. The highest BCUT2D eigenvalue weighted by Gasteiger charge is 2.57. The van der Waals surface area contributed by atoms with Crippen LogP contribution in [0, 0.1) is 0 Å². The monoisotopic (exact) mass is 226 g/mol. The van der Waals surface area contributed by atoms with E-state index in [9.17, 15) is 14.7 Å². The first-order chi connectivity index (χ1) is 7.50. The Balaban J connectivity index is 2.36. The molecule has 2 rings (SSSR count). The van der Waals surface area contributed by atoms with Gasteiger partial charge < -0.3 is 10.0 Å². The summed E-state index contributed by atoms with van der Waals surface area (Å²) in [5, 5.41) is 9.51. The third-order valence-corrected chi connectivity index (χ3v) is 4.14. The molecule has 2 atom stereocenters. The highest BCUT2D eigenvalue weighted by Crippen LogP contribution is 2.39. The van der Waals surface area contributed by atoms with Crippen molar-refractivity contribution in [1.29, 1.82) is 0 Å². The van der Waals surface area contributed by atoms with Gasteiger partial charge in [0.05, 0.1) is 0 Å². The van der Waals surface area contributed by atoms with Crippen molar-refractivity contribution in [3.05, 3.63) is 0 Å². The minimum absolute atomic E-state index is 0.00102. The summed E-state index contributed by atoms with van der Waals surface area (Å²) in [6.45, 7) is 3.18. The van der Waals surface area contributed by atoms with Gasteiger partial charge in [0, 0.05) is 26.6 Å². The van der Waals surface area contributed by atoms with Crippen molar-refractivity contribution in [2.24, 2.45) is 0 Å². The molecule has 0 aromatic heterocycles. The van der Waals surface area contributed by atoms with E-state index in [0.717, 1.165) is 25.9 Å². The number of hydrogen-bond acceptors (Lipinski definition) is 3. The summed E-state index contributed by atoms with van der Waals surface area (Å²) in [7, 11) is 1.61. The molecule has 1 N–H and O–H groups in total. The number of rotatable bonds is 2. The second kappa shape index (κ2) is 3.73. The van der Waals surface area contributed by atoms with Gasteiger partial charge in [-0.2, -0.15) is 0 Å². The molecule has 0 aliphatic carbocycles. The zero-order valence-electron chi connectivity index (χ0n) is 9.77. The van der Waals surface area contributed by atoms with E-state index in [0.29, 0.717) is 6.42 Å². The SMILES string of the molecule is CC(=O)N(C)C1(C(=O)O)CCN2CCCC21. The van der Waals surface area contributed by atoms with Crippen LogP contribution in [-0.4, -0.2) is 58.5 Å². The minimum atomic E-state index is -0.998. The van der Waals surface area contributed by atoms with Crippen LogP contribution in [0.5, 0.6) is 0 Å². The molecule has 2 heterocycles. The van der Waals surface area contributed by atoms with Gasteiger partial charge in [0.1, 0.15) is 0 Å². The summed E-state index contributed by atoms with van der Waals surface area (Å²) in [5.74, 6) is -1.03. The lowest BCUT2D eigenvalue weighted by molar-refractivity contribution is -0.158. The van der Waals surface area contributed by atoms with E-state index in [-0.39, 0.29) is 11.9 Å². The Labute approximate surface area is 95.0 Å². The molecule has 5 nitrogen and oxygen atoms in total. The van der Waals surface area contributed by atoms with Crippen LogP contribution in [0.15, 0.2) is 0 Å². The van der Waals surface area contributed by atoms with Crippen molar-refractivity contribution in [1.82, 2.24) is 9.80 Å². The van der Waals surface area contributed by atoms with Gasteiger partial charge in [0.15, 0.2) is 5.54 Å². The molecule has 5 heteroatoms. The van der Waals surface area contributed by atoms with E-state index in [2.05, 4.69) is 4.90 Å². The third kappa shape index (κ3) is 1.34. The predicted octanol–water partition coefficient (Wildman–Crippen LogP) is 0.156. The van der Waals surface area contributed by atoms with E-state index in [4.69, 9.17) is 0 Å². The Morgan fingerprint density at radius 2 is 2.12 bits per heavy atom. The van der Waals surface area contributed by atoms with Gasteiger partial charge in [0.25, 0.3) is 0 Å². The zero-order valence-corrected chi connectivity index (χ0v) is 9.77. The van der Waals surface area contributed by atoms with Crippen LogP contribution in [0.1, 0.15) is 26.2 Å². The number of aliphatic carboxylic acids is 1. The number of hydrogen-bond donors (Lipinski definition) is 1. The highest BCUT2D eigenvalue weighted by atomic mass is 16.4. The normalized spacial score (nSPS) is 33.8. The van der Waals surface area contributed by atoms with Crippen molar-refractivity contribution in [3.63, 3.8) is 0 Å². The van der Waals surface area contributed by atoms with Crippen LogP contribution in [0.4, 0.5) is 0 Å². The Hall–Kier alpha value is -1.10. The lowest BCUT2D eigenvalue weighted by Crippen LogP contribution is -2.60. The average Bonchev–Trinajstić information content (AvgIpc) is 2.76. The number of carboxylic acid groups (broad SMARTS) is 1. The lowest BCUT2D eigenvalue weighted by Gasteiger charge is -2.38. The van der Waals surface area contributed by atoms with Gasteiger partial charge >= 0.3 is 5.97 Å². The average molecular weight is 226 g/mol. The van der Waals surface area contributed by atoms with E-state index >= 15 is 0 Å². The van der Waals surface area contributed by atoms with Crippen LogP contribution in [-0.2, 0) is 9.59 Å². The van der Waals surface area contributed by atoms with Gasteiger partial charge in [-0.1, -0.05) is 0 Å². The molecule has 16 heavy (non-hydrogen) atoms. The van der Waals surface area contributed by atoms with Crippen LogP contribution in [0.3, 0.4) is 0 Å². The number of nitrogens with zero attached hydrogens (tertiary/aromatic N) is 2. The molecule has 2 aliphatic heterocycles. The Morgan fingerprint density at radius 1 is 1.44 bits per heavy atom. The molecular weight excluding hydrogens is 208 g/mol. The zero-order chi connectivity index (χ0) is 11.9. The quantitative estimate of drug-likeness (QED) is 0.728. The molecule has 0 spiro atoms. The van der Waals surface area contributed by atoms with E-state index < -0.39 is 11.5 Å². The number of amides is 1. The molecule has 0 aromatic rings. The van der Waals surface area contributed by atoms with Crippen molar-refractivity contribution in [2.45, 2.75) is 37.8 Å². The Kier molecular flexibility index (Phi) is 2.66. The maximum absolute atomic E-state index is 11.6. The first kappa shape index (κ1) is 11.4. The van der Waals surface area contributed by atoms with Crippen molar-refractivity contribution < 1.29 is 14.7 Å². The maximum Gasteiger partial charge on any atom is 0.331 e. The molecule has 0 aromatic carbocycles. The second-order valence-electron chi connectivity index (χ2n) is 4.75. The third-order valence-electron chi connectivity index (χ3n) is 4.14. The first-order valence-corrected chi connectivity index (χ1v) is 5.72. The van der Waals surface area contributed by atoms with Crippen LogP contribution < -0.4 is 0 Å². The first-order valence-electron chi connectivity index (χ1n) is 5.72. The topological polar surface area (TPSA) is 60.9 Å². The molecule has 0 radical (unpaired) electrons. The predicted molar refractivity (Wildman–Crippen MR) is 58.0 cm³/mol.